The van der Waals surface area contributed by atoms with Gasteiger partial charge in [0.25, 0.3) is 0 Å². The summed E-state index contributed by atoms with van der Waals surface area (Å²) in [5.74, 6) is 0.383. The third-order valence-electron chi connectivity index (χ3n) is 5.84. The van der Waals surface area contributed by atoms with E-state index in [4.69, 9.17) is 10.5 Å². The van der Waals surface area contributed by atoms with E-state index in [9.17, 15) is 4.79 Å². The predicted molar refractivity (Wildman–Crippen MR) is 78.2 cm³/mol. The van der Waals surface area contributed by atoms with E-state index in [1.54, 1.807) is 0 Å². The van der Waals surface area contributed by atoms with E-state index in [2.05, 4.69) is 12.2 Å². The lowest BCUT2D eigenvalue weighted by Gasteiger charge is -2.61. The van der Waals surface area contributed by atoms with Crippen LogP contribution in [-0.2, 0) is 9.53 Å². The Morgan fingerprint density at radius 3 is 2.70 bits per heavy atom. The zero-order valence-corrected chi connectivity index (χ0v) is 12.6. The summed E-state index contributed by atoms with van der Waals surface area (Å²) in [5, 5.41) is 3.31. The van der Waals surface area contributed by atoms with Crippen molar-refractivity contribution in [2.24, 2.45) is 17.1 Å². The Kier molecular flexibility index (Phi) is 4.04. The molecule has 0 radical (unpaired) electrons. The molecule has 20 heavy (non-hydrogen) atoms. The number of carbonyl (C=O) groups is 1. The molecular weight excluding hydrogens is 252 g/mol. The number of hydrogen-bond acceptors (Lipinski definition) is 3. The van der Waals surface area contributed by atoms with Crippen LogP contribution in [0, 0.1) is 11.3 Å². The molecule has 0 aromatic rings. The van der Waals surface area contributed by atoms with Crippen molar-refractivity contribution in [3.63, 3.8) is 0 Å². The highest BCUT2D eigenvalue weighted by atomic mass is 16.5. The first-order chi connectivity index (χ1) is 9.65. The summed E-state index contributed by atoms with van der Waals surface area (Å²) in [7, 11) is 0. The van der Waals surface area contributed by atoms with Gasteiger partial charge in [-0.05, 0) is 45.4 Å². The summed E-state index contributed by atoms with van der Waals surface area (Å²) in [6.45, 7) is 2.84. The number of nitrogens with two attached hydrogens (primary N) is 1. The first kappa shape index (κ1) is 14.3. The largest absolute Gasteiger partial charge is 0.378 e. The minimum absolute atomic E-state index is 0.141. The van der Waals surface area contributed by atoms with Crippen LogP contribution in [0.4, 0.5) is 0 Å². The minimum atomic E-state index is 0.141. The highest BCUT2D eigenvalue weighted by molar-refractivity contribution is 5.79. The van der Waals surface area contributed by atoms with Gasteiger partial charge in [-0.3, -0.25) is 4.79 Å². The van der Waals surface area contributed by atoms with Crippen molar-refractivity contribution in [2.75, 3.05) is 6.61 Å². The third kappa shape index (κ3) is 2.37. The van der Waals surface area contributed by atoms with Gasteiger partial charge >= 0.3 is 0 Å². The summed E-state index contributed by atoms with van der Waals surface area (Å²) in [6, 6.07) is 0.563. The summed E-state index contributed by atoms with van der Waals surface area (Å²) in [4.78, 5) is 12.4. The van der Waals surface area contributed by atoms with Crippen molar-refractivity contribution < 1.29 is 9.53 Å². The Morgan fingerprint density at radius 1 is 1.30 bits per heavy atom. The molecule has 4 nitrogen and oxygen atoms in total. The zero-order valence-electron chi connectivity index (χ0n) is 12.6. The highest BCUT2D eigenvalue weighted by Gasteiger charge is 2.59. The van der Waals surface area contributed by atoms with Crippen molar-refractivity contribution in [3.8, 4) is 0 Å². The van der Waals surface area contributed by atoms with Gasteiger partial charge in [-0.1, -0.05) is 12.8 Å². The lowest BCUT2D eigenvalue weighted by molar-refractivity contribution is -0.177. The lowest BCUT2D eigenvalue weighted by atomic mass is 9.51. The Morgan fingerprint density at radius 2 is 2.10 bits per heavy atom. The molecule has 3 rings (SSSR count). The molecule has 0 heterocycles. The van der Waals surface area contributed by atoms with Gasteiger partial charge in [-0.2, -0.15) is 0 Å². The fraction of sp³-hybridized carbons (Fsp3) is 0.938. The van der Waals surface area contributed by atoms with Crippen molar-refractivity contribution in [2.45, 2.75) is 76.5 Å². The second kappa shape index (κ2) is 5.64. The second-order valence-electron chi connectivity index (χ2n) is 6.95. The second-order valence-corrected chi connectivity index (χ2v) is 6.95. The van der Waals surface area contributed by atoms with E-state index in [0.29, 0.717) is 12.1 Å². The normalized spacial score (nSPS) is 38.9. The highest BCUT2D eigenvalue weighted by Crippen LogP contribution is 2.57. The number of rotatable bonds is 4. The van der Waals surface area contributed by atoms with Crippen LogP contribution in [0.3, 0.4) is 0 Å². The molecule has 1 spiro atoms. The van der Waals surface area contributed by atoms with Crippen molar-refractivity contribution in [1.29, 1.82) is 0 Å². The van der Waals surface area contributed by atoms with E-state index in [0.717, 1.165) is 38.7 Å². The molecule has 3 aliphatic rings. The molecule has 3 aliphatic carbocycles. The van der Waals surface area contributed by atoms with Gasteiger partial charge in [0, 0.05) is 30.0 Å². The molecule has 0 saturated heterocycles. The first-order valence-electron chi connectivity index (χ1n) is 8.33. The van der Waals surface area contributed by atoms with E-state index in [1.165, 1.54) is 19.3 Å². The Balaban J connectivity index is 1.54. The van der Waals surface area contributed by atoms with E-state index >= 15 is 0 Å². The monoisotopic (exact) mass is 280 g/mol. The molecule has 0 aliphatic heterocycles. The fourth-order valence-electron chi connectivity index (χ4n) is 4.40. The maximum absolute atomic E-state index is 12.4. The molecular formula is C16H28N2O2. The molecule has 4 heteroatoms. The maximum Gasteiger partial charge on any atom is 0.223 e. The maximum atomic E-state index is 12.4. The molecule has 3 fully saturated rings. The smallest absolute Gasteiger partial charge is 0.223 e. The van der Waals surface area contributed by atoms with Crippen LogP contribution >= 0.6 is 0 Å². The number of amides is 1. The Labute approximate surface area is 121 Å². The number of hydrogen-bond donors (Lipinski definition) is 2. The number of ether oxygens (including phenoxy) is 1. The van der Waals surface area contributed by atoms with Gasteiger partial charge in [-0.25, -0.2) is 0 Å². The fourth-order valence-corrected chi connectivity index (χ4v) is 4.40. The number of carbonyl (C=O) groups excluding carboxylic acids is 1. The van der Waals surface area contributed by atoms with Crippen LogP contribution in [0.2, 0.25) is 0 Å². The molecule has 4 atom stereocenters. The van der Waals surface area contributed by atoms with E-state index in [1.807, 2.05) is 0 Å². The Hall–Kier alpha value is -0.610. The van der Waals surface area contributed by atoms with Gasteiger partial charge in [-0.15, -0.1) is 0 Å². The third-order valence-corrected chi connectivity index (χ3v) is 5.84. The van der Waals surface area contributed by atoms with Gasteiger partial charge in [0.2, 0.25) is 5.91 Å². The molecule has 4 unspecified atom stereocenters. The zero-order chi connectivity index (χ0) is 14.2. The summed E-state index contributed by atoms with van der Waals surface area (Å²) in [5.41, 5.74) is 6.26. The molecule has 3 saturated carbocycles. The topological polar surface area (TPSA) is 64.3 Å². The minimum Gasteiger partial charge on any atom is -0.378 e. The lowest BCUT2D eigenvalue weighted by Crippen LogP contribution is -2.68. The average molecular weight is 280 g/mol. The van der Waals surface area contributed by atoms with Crippen LogP contribution in [0.1, 0.15) is 58.3 Å². The van der Waals surface area contributed by atoms with Gasteiger partial charge in [0.15, 0.2) is 0 Å². The number of nitrogens with one attached hydrogen (secondary N) is 1. The van der Waals surface area contributed by atoms with Crippen molar-refractivity contribution in [1.82, 2.24) is 5.32 Å². The van der Waals surface area contributed by atoms with E-state index in [-0.39, 0.29) is 23.3 Å². The van der Waals surface area contributed by atoms with Crippen LogP contribution < -0.4 is 11.1 Å². The first-order valence-corrected chi connectivity index (χ1v) is 8.33. The van der Waals surface area contributed by atoms with E-state index < -0.39 is 0 Å². The summed E-state index contributed by atoms with van der Waals surface area (Å²) < 4.78 is 5.84. The quantitative estimate of drug-likeness (QED) is 0.827. The van der Waals surface area contributed by atoms with Gasteiger partial charge in [0.1, 0.15) is 0 Å². The SMILES string of the molecule is CCOC1CC(NC(=O)C2CCCC(N)C2)C12CCC2. The van der Waals surface area contributed by atoms with Crippen LogP contribution in [0.15, 0.2) is 0 Å². The molecule has 1 amide bonds. The van der Waals surface area contributed by atoms with Gasteiger partial charge in [0.05, 0.1) is 6.10 Å². The van der Waals surface area contributed by atoms with Crippen LogP contribution in [0.5, 0.6) is 0 Å². The van der Waals surface area contributed by atoms with Crippen molar-refractivity contribution >= 4 is 5.91 Å². The van der Waals surface area contributed by atoms with Gasteiger partial charge < -0.3 is 15.8 Å². The molecule has 0 aromatic heterocycles. The van der Waals surface area contributed by atoms with Crippen LogP contribution in [0.25, 0.3) is 0 Å². The molecule has 114 valence electrons. The molecule has 0 bridgehead atoms. The standard InChI is InChI=1S/C16H28N2O2/c1-2-20-14-10-13(16(14)7-4-8-16)18-15(19)11-5-3-6-12(17)9-11/h11-14H,2-10,17H2,1H3,(H,18,19). The molecule has 3 N–H and O–H groups in total. The summed E-state index contributed by atoms with van der Waals surface area (Å²) in [6.07, 6.45) is 9.12. The predicted octanol–water partition coefficient (Wildman–Crippen LogP) is 1.97. The average Bonchev–Trinajstić information content (AvgIpc) is 2.35. The van der Waals surface area contributed by atoms with Crippen molar-refractivity contribution in [3.05, 3.63) is 0 Å². The summed E-state index contributed by atoms with van der Waals surface area (Å²) >= 11 is 0. The van der Waals surface area contributed by atoms with Crippen LogP contribution in [-0.4, -0.2) is 30.7 Å². The molecule has 0 aromatic carbocycles. The Bertz CT molecular complexity index is 367.